The summed E-state index contributed by atoms with van der Waals surface area (Å²) in [6.45, 7) is 0.672. The third-order valence-corrected chi connectivity index (χ3v) is 3.24. The van der Waals surface area contributed by atoms with Gasteiger partial charge in [0.25, 0.3) is 0 Å². The maximum absolute atomic E-state index is 4.87. The summed E-state index contributed by atoms with van der Waals surface area (Å²) < 4.78 is 4.87. The summed E-state index contributed by atoms with van der Waals surface area (Å²) in [6, 6.07) is 22.8. The van der Waals surface area contributed by atoms with Crippen LogP contribution in [0.2, 0.25) is 0 Å². The Balaban J connectivity index is 1.84. The van der Waals surface area contributed by atoms with Crippen molar-refractivity contribution in [1.82, 2.24) is 10.5 Å². The fraction of sp³-hybridized carbons (Fsp3) is 0.118. The van der Waals surface area contributed by atoms with Gasteiger partial charge in [-0.25, -0.2) is 0 Å². The zero-order valence-corrected chi connectivity index (χ0v) is 11.1. The molecule has 2 aromatic carbocycles. The molecule has 1 heterocycles. The first-order chi connectivity index (χ1) is 9.93. The molecule has 0 unspecified atom stereocenters. The second-order valence-electron chi connectivity index (χ2n) is 4.63. The Labute approximate surface area is 118 Å². The minimum atomic E-state index is 0.147. The van der Waals surface area contributed by atoms with Gasteiger partial charge in [-0.2, -0.15) is 0 Å². The van der Waals surface area contributed by atoms with Crippen LogP contribution in [0.4, 0.5) is 0 Å². The van der Waals surface area contributed by atoms with Gasteiger partial charge in [-0.15, -0.1) is 0 Å². The van der Waals surface area contributed by atoms with Gasteiger partial charge in [0.1, 0.15) is 6.26 Å². The number of hydrogen-bond donors (Lipinski definition) is 1. The van der Waals surface area contributed by atoms with E-state index in [0.717, 1.165) is 5.69 Å². The summed E-state index contributed by atoms with van der Waals surface area (Å²) in [5.41, 5.74) is 3.38. The molecular formula is C17H16N2O. The van der Waals surface area contributed by atoms with E-state index >= 15 is 0 Å². The van der Waals surface area contributed by atoms with Crippen molar-refractivity contribution < 1.29 is 4.52 Å². The van der Waals surface area contributed by atoms with Crippen molar-refractivity contribution in [3.63, 3.8) is 0 Å². The predicted octanol–water partition coefficient (Wildman–Crippen LogP) is 3.55. The van der Waals surface area contributed by atoms with Crippen LogP contribution in [-0.2, 0) is 6.54 Å². The Bertz CT molecular complexity index is 581. The summed E-state index contributed by atoms with van der Waals surface area (Å²) in [5.74, 6) is 0. The molecule has 0 atom stereocenters. The largest absolute Gasteiger partial charge is 0.364 e. The number of rotatable bonds is 5. The highest BCUT2D eigenvalue weighted by Crippen LogP contribution is 2.22. The van der Waals surface area contributed by atoms with Gasteiger partial charge in [0.15, 0.2) is 0 Å². The van der Waals surface area contributed by atoms with Crippen molar-refractivity contribution in [3.05, 3.63) is 89.8 Å². The molecule has 3 aromatic rings. The average Bonchev–Trinajstić information content (AvgIpc) is 3.03. The molecule has 3 rings (SSSR count). The average molecular weight is 264 g/mol. The van der Waals surface area contributed by atoms with Gasteiger partial charge < -0.3 is 9.84 Å². The summed E-state index contributed by atoms with van der Waals surface area (Å²) in [6.07, 6.45) is 1.59. The smallest absolute Gasteiger partial charge is 0.124 e. The third-order valence-electron chi connectivity index (χ3n) is 3.24. The molecule has 0 aliphatic carbocycles. The standard InChI is InChI=1S/C17H16N2O/c1-3-7-14(8-4-1)17(15-9-5-2-6-10-15)18-13-16-11-12-20-19-16/h1-12,17-18H,13H2. The molecule has 3 heteroatoms. The number of nitrogens with one attached hydrogen (secondary N) is 1. The fourth-order valence-corrected chi connectivity index (χ4v) is 2.25. The van der Waals surface area contributed by atoms with Gasteiger partial charge in [-0.05, 0) is 11.1 Å². The Kier molecular flexibility index (Phi) is 3.90. The van der Waals surface area contributed by atoms with Gasteiger partial charge in [0.05, 0.1) is 11.7 Å². The highest BCUT2D eigenvalue weighted by molar-refractivity contribution is 5.31. The van der Waals surface area contributed by atoms with Crippen molar-refractivity contribution in [1.29, 1.82) is 0 Å². The lowest BCUT2D eigenvalue weighted by atomic mass is 9.99. The molecule has 20 heavy (non-hydrogen) atoms. The van der Waals surface area contributed by atoms with Crippen LogP contribution in [0.25, 0.3) is 0 Å². The number of nitrogens with zero attached hydrogens (tertiary/aromatic N) is 1. The summed E-state index contributed by atoms with van der Waals surface area (Å²) in [4.78, 5) is 0. The Hall–Kier alpha value is -2.39. The van der Waals surface area contributed by atoms with E-state index in [1.165, 1.54) is 11.1 Å². The van der Waals surface area contributed by atoms with Gasteiger partial charge >= 0.3 is 0 Å². The van der Waals surface area contributed by atoms with Gasteiger partial charge in [0.2, 0.25) is 0 Å². The van der Waals surface area contributed by atoms with Crippen LogP contribution < -0.4 is 5.32 Å². The van der Waals surface area contributed by atoms with Crippen LogP contribution in [-0.4, -0.2) is 5.16 Å². The maximum Gasteiger partial charge on any atom is 0.124 e. The lowest BCUT2D eigenvalue weighted by Gasteiger charge is -2.19. The van der Waals surface area contributed by atoms with Crippen LogP contribution in [0, 0.1) is 0 Å². The molecule has 0 saturated carbocycles. The van der Waals surface area contributed by atoms with Crippen LogP contribution >= 0.6 is 0 Å². The molecule has 1 aromatic heterocycles. The zero-order valence-electron chi connectivity index (χ0n) is 11.1. The molecule has 0 spiro atoms. The minimum Gasteiger partial charge on any atom is -0.364 e. The first-order valence-electron chi connectivity index (χ1n) is 6.66. The second-order valence-corrected chi connectivity index (χ2v) is 4.63. The molecule has 0 saturated heterocycles. The lowest BCUT2D eigenvalue weighted by molar-refractivity contribution is 0.407. The summed E-state index contributed by atoms with van der Waals surface area (Å²) >= 11 is 0. The first kappa shape index (κ1) is 12.6. The molecule has 1 N–H and O–H groups in total. The van der Waals surface area contributed by atoms with Crippen LogP contribution in [0.5, 0.6) is 0 Å². The normalized spacial score (nSPS) is 10.8. The lowest BCUT2D eigenvalue weighted by Crippen LogP contribution is -2.22. The fourth-order valence-electron chi connectivity index (χ4n) is 2.25. The van der Waals surface area contributed by atoms with Gasteiger partial charge in [-0.3, -0.25) is 0 Å². The van der Waals surface area contributed by atoms with Crippen molar-refractivity contribution >= 4 is 0 Å². The molecule has 3 nitrogen and oxygen atoms in total. The first-order valence-corrected chi connectivity index (χ1v) is 6.66. The Morgan fingerprint density at radius 2 is 1.45 bits per heavy atom. The zero-order chi connectivity index (χ0) is 13.6. The molecular weight excluding hydrogens is 248 g/mol. The maximum atomic E-state index is 4.87. The van der Waals surface area contributed by atoms with Crippen LogP contribution in [0.1, 0.15) is 22.9 Å². The van der Waals surface area contributed by atoms with Crippen molar-refractivity contribution in [2.75, 3.05) is 0 Å². The second kappa shape index (κ2) is 6.17. The molecule has 0 aliphatic heterocycles. The van der Waals surface area contributed by atoms with E-state index in [1.807, 2.05) is 18.2 Å². The highest BCUT2D eigenvalue weighted by atomic mass is 16.5. The van der Waals surface area contributed by atoms with E-state index in [2.05, 4.69) is 59.0 Å². The van der Waals surface area contributed by atoms with Crippen LogP contribution in [0.15, 0.2) is 77.5 Å². The Morgan fingerprint density at radius 3 is 1.95 bits per heavy atom. The van der Waals surface area contributed by atoms with Crippen molar-refractivity contribution in [2.45, 2.75) is 12.6 Å². The van der Waals surface area contributed by atoms with E-state index in [1.54, 1.807) is 6.26 Å². The van der Waals surface area contributed by atoms with E-state index in [4.69, 9.17) is 4.52 Å². The van der Waals surface area contributed by atoms with E-state index < -0.39 is 0 Å². The molecule has 0 radical (unpaired) electrons. The highest BCUT2D eigenvalue weighted by Gasteiger charge is 2.13. The molecule has 0 fully saturated rings. The third kappa shape index (κ3) is 2.95. The predicted molar refractivity (Wildman–Crippen MR) is 78.1 cm³/mol. The summed E-state index contributed by atoms with van der Waals surface area (Å²) in [7, 11) is 0. The van der Waals surface area contributed by atoms with Gasteiger partial charge in [0, 0.05) is 12.6 Å². The van der Waals surface area contributed by atoms with E-state index in [0.29, 0.717) is 6.54 Å². The molecule has 0 amide bonds. The Morgan fingerprint density at radius 1 is 0.850 bits per heavy atom. The summed E-state index contributed by atoms with van der Waals surface area (Å²) in [5, 5.41) is 7.47. The quantitative estimate of drug-likeness (QED) is 0.765. The number of benzene rings is 2. The van der Waals surface area contributed by atoms with Crippen molar-refractivity contribution in [2.24, 2.45) is 0 Å². The minimum absolute atomic E-state index is 0.147. The topological polar surface area (TPSA) is 38.1 Å². The monoisotopic (exact) mass is 264 g/mol. The molecule has 0 aliphatic rings. The number of hydrogen-bond acceptors (Lipinski definition) is 3. The van der Waals surface area contributed by atoms with Crippen LogP contribution in [0.3, 0.4) is 0 Å². The molecule has 0 bridgehead atoms. The molecule has 100 valence electrons. The van der Waals surface area contributed by atoms with Crippen molar-refractivity contribution in [3.8, 4) is 0 Å². The van der Waals surface area contributed by atoms with Gasteiger partial charge in [-0.1, -0.05) is 65.8 Å². The SMILES string of the molecule is c1ccc(C(NCc2ccon2)c2ccccc2)cc1. The van der Waals surface area contributed by atoms with E-state index in [9.17, 15) is 0 Å². The number of aromatic nitrogens is 1. The van der Waals surface area contributed by atoms with E-state index in [-0.39, 0.29) is 6.04 Å².